The van der Waals surface area contributed by atoms with Crippen LogP contribution in [-0.2, 0) is 0 Å². The number of nitrogens with zero attached hydrogens (tertiary/aromatic N) is 3. The van der Waals surface area contributed by atoms with Gasteiger partial charge in [0, 0.05) is 19.1 Å². The van der Waals surface area contributed by atoms with Gasteiger partial charge in [-0.3, -0.25) is 4.79 Å². The summed E-state index contributed by atoms with van der Waals surface area (Å²) in [6.45, 7) is 9.46. The molecule has 3 rings (SSSR count). The molecule has 1 N–H and O–H groups in total. The number of likely N-dealkylation sites (tertiary alicyclic amines) is 1. The lowest BCUT2D eigenvalue weighted by Crippen LogP contribution is -2.44. The summed E-state index contributed by atoms with van der Waals surface area (Å²) >= 11 is 0. The molecule has 0 atom stereocenters. The fourth-order valence-corrected chi connectivity index (χ4v) is 3.76. The Bertz CT molecular complexity index is 761. The van der Waals surface area contributed by atoms with Crippen molar-refractivity contribution in [1.82, 2.24) is 20.0 Å². The second-order valence-corrected chi connectivity index (χ2v) is 7.58. The van der Waals surface area contributed by atoms with Crippen molar-refractivity contribution < 1.29 is 9.18 Å². The summed E-state index contributed by atoms with van der Waals surface area (Å²) in [7, 11) is 0. The van der Waals surface area contributed by atoms with Crippen molar-refractivity contribution in [3.05, 3.63) is 47.5 Å². The molecule has 1 amide bonds. The second kappa shape index (κ2) is 8.65. The molecule has 27 heavy (non-hydrogen) atoms. The molecule has 1 fully saturated rings. The highest BCUT2D eigenvalue weighted by atomic mass is 19.1. The number of rotatable bonds is 6. The minimum absolute atomic E-state index is 0.0685. The van der Waals surface area contributed by atoms with Gasteiger partial charge in [0.1, 0.15) is 5.82 Å². The van der Waals surface area contributed by atoms with Crippen LogP contribution in [0.15, 0.2) is 30.5 Å². The number of amides is 1. The van der Waals surface area contributed by atoms with E-state index < -0.39 is 0 Å². The normalized spacial score (nSPS) is 16.0. The number of carbonyl (C=O) groups is 1. The highest BCUT2D eigenvalue weighted by Crippen LogP contribution is 2.24. The van der Waals surface area contributed by atoms with Gasteiger partial charge in [-0.05, 0) is 56.0 Å². The van der Waals surface area contributed by atoms with Crippen LogP contribution in [0.5, 0.6) is 0 Å². The molecule has 0 unspecified atom stereocenters. The van der Waals surface area contributed by atoms with E-state index in [1.807, 2.05) is 13.8 Å². The van der Waals surface area contributed by atoms with Crippen LogP contribution in [0.25, 0.3) is 5.69 Å². The smallest absolute Gasteiger partial charge is 0.255 e. The first kappa shape index (κ1) is 19.5. The summed E-state index contributed by atoms with van der Waals surface area (Å²) in [6, 6.07) is 6.38. The largest absolute Gasteiger partial charge is 0.349 e. The zero-order valence-electron chi connectivity index (χ0n) is 16.4. The van der Waals surface area contributed by atoms with Crippen LogP contribution in [0.1, 0.15) is 62.0 Å². The minimum atomic E-state index is -0.288. The fourth-order valence-electron chi connectivity index (χ4n) is 3.76. The molecule has 1 saturated heterocycles. The summed E-state index contributed by atoms with van der Waals surface area (Å²) in [5, 5.41) is 7.60. The third-order valence-electron chi connectivity index (χ3n) is 5.13. The first-order valence-corrected chi connectivity index (χ1v) is 9.86. The Hall–Kier alpha value is -2.21. The lowest BCUT2D eigenvalue weighted by Gasteiger charge is -2.32. The van der Waals surface area contributed by atoms with Crippen LogP contribution < -0.4 is 5.32 Å². The van der Waals surface area contributed by atoms with Crippen molar-refractivity contribution in [2.45, 2.75) is 52.0 Å². The molecule has 0 saturated carbocycles. The maximum atomic E-state index is 13.2. The third kappa shape index (κ3) is 4.56. The first-order chi connectivity index (χ1) is 13.0. The third-order valence-corrected chi connectivity index (χ3v) is 5.13. The van der Waals surface area contributed by atoms with Crippen molar-refractivity contribution in [2.24, 2.45) is 0 Å². The SMILES string of the molecule is CCCN1CCC(NC(=O)c2cnn(-c3ccc(F)cc3)c2C(C)C)CC1. The van der Waals surface area contributed by atoms with Crippen LogP contribution in [-0.4, -0.2) is 46.3 Å². The van der Waals surface area contributed by atoms with E-state index in [2.05, 4.69) is 22.2 Å². The van der Waals surface area contributed by atoms with Gasteiger partial charge in [-0.1, -0.05) is 20.8 Å². The molecule has 2 aromatic rings. The Kier molecular flexibility index (Phi) is 6.26. The standard InChI is InChI=1S/C21H29FN4O/c1-4-11-25-12-9-17(10-13-25)24-21(27)19-14-23-26(20(19)15(2)3)18-7-5-16(22)6-8-18/h5-8,14-15,17H,4,9-13H2,1-3H3,(H,24,27). The summed E-state index contributed by atoms with van der Waals surface area (Å²) in [4.78, 5) is 15.4. The summed E-state index contributed by atoms with van der Waals surface area (Å²) < 4.78 is 15.0. The Balaban J connectivity index is 1.74. The summed E-state index contributed by atoms with van der Waals surface area (Å²) in [6.07, 6.45) is 4.75. The van der Waals surface area contributed by atoms with Crippen molar-refractivity contribution in [3.8, 4) is 5.69 Å². The van der Waals surface area contributed by atoms with Crippen molar-refractivity contribution in [2.75, 3.05) is 19.6 Å². The van der Waals surface area contributed by atoms with Gasteiger partial charge in [0.2, 0.25) is 0 Å². The monoisotopic (exact) mass is 372 g/mol. The molecule has 2 heterocycles. The predicted molar refractivity (Wildman–Crippen MR) is 105 cm³/mol. The van der Waals surface area contributed by atoms with Crippen molar-refractivity contribution >= 4 is 5.91 Å². The summed E-state index contributed by atoms with van der Waals surface area (Å²) in [5.41, 5.74) is 2.21. The van der Waals surface area contributed by atoms with Gasteiger partial charge in [0.05, 0.1) is 23.1 Å². The van der Waals surface area contributed by atoms with Crippen LogP contribution in [0, 0.1) is 5.82 Å². The average molecular weight is 372 g/mol. The molecule has 1 aliphatic rings. The van der Waals surface area contributed by atoms with Gasteiger partial charge < -0.3 is 10.2 Å². The molecule has 0 radical (unpaired) electrons. The lowest BCUT2D eigenvalue weighted by atomic mass is 10.0. The van der Waals surface area contributed by atoms with E-state index in [-0.39, 0.29) is 23.7 Å². The maximum Gasteiger partial charge on any atom is 0.255 e. The van der Waals surface area contributed by atoms with E-state index in [0.29, 0.717) is 5.56 Å². The number of nitrogens with one attached hydrogen (secondary N) is 1. The molecule has 6 heteroatoms. The molecule has 1 aromatic heterocycles. The van der Waals surface area contributed by atoms with E-state index in [0.717, 1.165) is 50.3 Å². The predicted octanol–water partition coefficient (Wildman–Crippen LogP) is 3.74. The van der Waals surface area contributed by atoms with Crippen molar-refractivity contribution in [3.63, 3.8) is 0 Å². The van der Waals surface area contributed by atoms with Gasteiger partial charge in [-0.25, -0.2) is 9.07 Å². The number of piperidine rings is 1. The van der Waals surface area contributed by atoms with Gasteiger partial charge in [0.25, 0.3) is 5.91 Å². The van der Waals surface area contributed by atoms with E-state index in [1.54, 1.807) is 23.0 Å². The molecule has 5 nitrogen and oxygen atoms in total. The fraction of sp³-hybridized carbons (Fsp3) is 0.524. The molecule has 0 spiro atoms. The number of carbonyl (C=O) groups excluding carboxylic acids is 1. The molecule has 0 bridgehead atoms. The number of hydrogen-bond donors (Lipinski definition) is 1. The molecule has 1 aliphatic heterocycles. The van der Waals surface area contributed by atoms with Crippen LogP contribution >= 0.6 is 0 Å². The Morgan fingerprint density at radius 1 is 1.26 bits per heavy atom. The highest BCUT2D eigenvalue weighted by molar-refractivity contribution is 5.95. The van der Waals surface area contributed by atoms with Crippen LogP contribution in [0.3, 0.4) is 0 Å². The zero-order valence-corrected chi connectivity index (χ0v) is 16.4. The van der Waals surface area contributed by atoms with Crippen molar-refractivity contribution in [1.29, 1.82) is 0 Å². The van der Waals surface area contributed by atoms with E-state index >= 15 is 0 Å². The van der Waals surface area contributed by atoms with E-state index in [4.69, 9.17) is 0 Å². The van der Waals surface area contributed by atoms with Gasteiger partial charge in [-0.2, -0.15) is 5.10 Å². The molecule has 0 aliphatic carbocycles. The molecule has 1 aromatic carbocycles. The maximum absolute atomic E-state index is 13.2. The number of hydrogen-bond acceptors (Lipinski definition) is 3. The first-order valence-electron chi connectivity index (χ1n) is 9.86. The second-order valence-electron chi connectivity index (χ2n) is 7.58. The number of halogens is 1. The average Bonchev–Trinajstić information content (AvgIpc) is 3.10. The molecular weight excluding hydrogens is 343 g/mol. The van der Waals surface area contributed by atoms with E-state index in [9.17, 15) is 9.18 Å². The number of benzene rings is 1. The number of aromatic nitrogens is 2. The van der Waals surface area contributed by atoms with Crippen LogP contribution in [0.4, 0.5) is 4.39 Å². The Labute approximate surface area is 160 Å². The Morgan fingerprint density at radius 2 is 1.93 bits per heavy atom. The Morgan fingerprint density at radius 3 is 2.52 bits per heavy atom. The highest BCUT2D eigenvalue weighted by Gasteiger charge is 2.25. The van der Waals surface area contributed by atoms with E-state index in [1.165, 1.54) is 12.1 Å². The summed E-state index contributed by atoms with van der Waals surface area (Å²) in [5.74, 6) is -0.241. The van der Waals surface area contributed by atoms with Crippen LogP contribution in [0.2, 0.25) is 0 Å². The van der Waals surface area contributed by atoms with Gasteiger partial charge >= 0.3 is 0 Å². The topological polar surface area (TPSA) is 50.2 Å². The molecule has 146 valence electrons. The van der Waals surface area contributed by atoms with Gasteiger partial charge in [0.15, 0.2) is 0 Å². The minimum Gasteiger partial charge on any atom is -0.349 e. The van der Waals surface area contributed by atoms with Gasteiger partial charge in [-0.15, -0.1) is 0 Å². The quantitative estimate of drug-likeness (QED) is 0.840. The lowest BCUT2D eigenvalue weighted by molar-refractivity contribution is 0.0909. The zero-order chi connectivity index (χ0) is 19.4. The molecular formula is C21H29FN4O.